The van der Waals surface area contributed by atoms with Crippen LogP contribution >= 0.6 is 0 Å². The smallest absolute Gasteiger partial charge is 0.270 e. The Labute approximate surface area is 115 Å². The van der Waals surface area contributed by atoms with Crippen molar-refractivity contribution in [1.82, 2.24) is 4.57 Å². The summed E-state index contributed by atoms with van der Waals surface area (Å²) in [5.41, 5.74) is 1.31. The van der Waals surface area contributed by atoms with Crippen molar-refractivity contribution in [1.29, 1.82) is 0 Å². The SMILES string of the molecule is COc1ccc([N+](=O)[O-])cc1Cn1ccc(C(C)=O)c1. The van der Waals surface area contributed by atoms with Crippen LogP contribution in [0.4, 0.5) is 5.69 Å². The van der Waals surface area contributed by atoms with Gasteiger partial charge in [-0.2, -0.15) is 0 Å². The Bertz CT molecular complexity index is 661. The Morgan fingerprint density at radius 2 is 2.15 bits per heavy atom. The average molecular weight is 274 g/mol. The first-order valence-electron chi connectivity index (χ1n) is 5.99. The highest BCUT2D eigenvalue weighted by Crippen LogP contribution is 2.25. The van der Waals surface area contributed by atoms with E-state index in [2.05, 4.69) is 0 Å². The van der Waals surface area contributed by atoms with Crippen LogP contribution in [0.1, 0.15) is 22.8 Å². The summed E-state index contributed by atoms with van der Waals surface area (Å²) < 4.78 is 6.99. The number of ether oxygens (including phenoxy) is 1. The Morgan fingerprint density at radius 1 is 1.40 bits per heavy atom. The fraction of sp³-hybridized carbons (Fsp3) is 0.214. The first-order valence-corrected chi connectivity index (χ1v) is 5.99. The molecule has 0 saturated heterocycles. The highest BCUT2D eigenvalue weighted by atomic mass is 16.6. The van der Waals surface area contributed by atoms with Crippen LogP contribution in [0, 0.1) is 10.1 Å². The van der Waals surface area contributed by atoms with Gasteiger partial charge < -0.3 is 9.30 Å². The monoisotopic (exact) mass is 274 g/mol. The van der Waals surface area contributed by atoms with Crippen LogP contribution in [-0.2, 0) is 6.54 Å². The number of nitro groups is 1. The molecule has 104 valence electrons. The molecule has 0 amide bonds. The summed E-state index contributed by atoms with van der Waals surface area (Å²) >= 11 is 0. The predicted octanol–water partition coefficient (Wildman–Crippen LogP) is 2.66. The molecule has 2 rings (SSSR count). The van der Waals surface area contributed by atoms with E-state index in [1.54, 1.807) is 29.1 Å². The summed E-state index contributed by atoms with van der Waals surface area (Å²) in [5, 5.41) is 10.8. The van der Waals surface area contributed by atoms with E-state index in [4.69, 9.17) is 4.74 Å². The third kappa shape index (κ3) is 2.85. The van der Waals surface area contributed by atoms with E-state index >= 15 is 0 Å². The molecule has 0 N–H and O–H groups in total. The molecule has 2 aromatic rings. The van der Waals surface area contributed by atoms with Gasteiger partial charge >= 0.3 is 0 Å². The molecule has 0 aliphatic rings. The minimum Gasteiger partial charge on any atom is -0.496 e. The Hall–Kier alpha value is -2.63. The largest absolute Gasteiger partial charge is 0.496 e. The number of non-ortho nitro benzene ring substituents is 1. The topological polar surface area (TPSA) is 74.4 Å². The summed E-state index contributed by atoms with van der Waals surface area (Å²) in [6.07, 6.45) is 3.47. The van der Waals surface area contributed by atoms with Gasteiger partial charge in [0.15, 0.2) is 5.78 Å². The summed E-state index contributed by atoms with van der Waals surface area (Å²) in [6.45, 7) is 1.89. The first-order chi connectivity index (χ1) is 9.51. The van der Waals surface area contributed by atoms with E-state index in [0.717, 1.165) is 0 Å². The van der Waals surface area contributed by atoms with Gasteiger partial charge in [-0.25, -0.2) is 0 Å². The van der Waals surface area contributed by atoms with Crippen molar-refractivity contribution in [3.8, 4) is 5.75 Å². The van der Waals surface area contributed by atoms with Gasteiger partial charge in [0.2, 0.25) is 0 Å². The van der Waals surface area contributed by atoms with Crippen molar-refractivity contribution in [3.63, 3.8) is 0 Å². The molecule has 0 aliphatic heterocycles. The van der Waals surface area contributed by atoms with E-state index in [1.807, 2.05) is 0 Å². The number of hydrogen-bond donors (Lipinski definition) is 0. The molecule has 0 aliphatic carbocycles. The van der Waals surface area contributed by atoms with Gasteiger partial charge in [0.05, 0.1) is 18.6 Å². The highest BCUT2D eigenvalue weighted by Gasteiger charge is 2.12. The molecular formula is C14H14N2O4. The number of methoxy groups -OCH3 is 1. The number of carbonyl (C=O) groups is 1. The first kappa shape index (κ1) is 13.8. The Balaban J connectivity index is 2.32. The van der Waals surface area contributed by atoms with Crippen molar-refractivity contribution in [2.24, 2.45) is 0 Å². The number of rotatable bonds is 5. The van der Waals surface area contributed by atoms with Crippen LogP contribution in [0.25, 0.3) is 0 Å². The van der Waals surface area contributed by atoms with Crippen LogP contribution in [-0.4, -0.2) is 22.4 Å². The quantitative estimate of drug-likeness (QED) is 0.477. The molecule has 0 spiro atoms. The minimum atomic E-state index is -0.445. The molecule has 0 atom stereocenters. The summed E-state index contributed by atoms with van der Waals surface area (Å²) in [4.78, 5) is 21.6. The molecule has 1 aromatic heterocycles. The second-order valence-electron chi connectivity index (χ2n) is 4.38. The van der Waals surface area contributed by atoms with Gasteiger partial charge in [-0.3, -0.25) is 14.9 Å². The van der Waals surface area contributed by atoms with Crippen LogP contribution in [0.3, 0.4) is 0 Å². The van der Waals surface area contributed by atoms with E-state index < -0.39 is 4.92 Å². The molecule has 1 aromatic carbocycles. The molecular weight excluding hydrogens is 260 g/mol. The van der Waals surface area contributed by atoms with E-state index in [0.29, 0.717) is 23.4 Å². The molecule has 0 unspecified atom stereocenters. The molecule has 6 heteroatoms. The van der Waals surface area contributed by atoms with Gasteiger partial charge in [-0.15, -0.1) is 0 Å². The fourth-order valence-electron chi connectivity index (χ4n) is 1.95. The maximum atomic E-state index is 11.3. The molecule has 6 nitrogen and oxygen atoms in total. The standard InChI is InChI=1S/C14H14N2O4/c1-10(17)11-5-6-15(8-11)9-12-7-13(16(18)19)3-4-14(12)20-2/h3-8H,9H2,1-2H3. The Morgan fingerprint density at radius 3 is 2.70 bits per heavy atom. The van der Waals surface area contributed by atoms with Crippen molar-refractivity contribution in [3.05, 3.63) is 57.9 Å². The van der Waals surface area contributed by atoms with E-state index in [1.165, 1.54) is 26.2 Å². The lowest BCUT2D eigenvalue weighted by Gasteiger charge is -2.09. The zero-order valence-electron chi connectivity index (χ0n) is 11.2. The molecule has 0 fully saturated rings. The average Bonchev–Trinajstić information content (AvgIpc) is 2.87. The second-order valence-corrected chi connectivity index (χ2v) is 4.38. The summed E-state index contributed by atoms with van der Waals surface area (Å²) in [6, 6.07) is 6.17. The number of benzene rings is 1. The van der Waals surface area contributed by atoms with Crippen molar-refractivity contribution < 1.29 is 14.5 Å². The lowest BCUT2D eigenvalue weighted by molar-refractivity contribution is -0.384. The number of aromatic nitrogens is 1. The van der Waals surface area contributed by atoms with Crippen LogP contribution in [0.15, 0.2) is 36.7 Å². The van der Waals surface area contributed by atoms with Gasteiger partial charge in [0.1, 0.15) is 5.75 Å². The van der Waals surface area contributed by atoms with E-state index in [-0.39, 0.29) is 11.5 Å². The maximum absolute atomic E-state index is 11.3. The van der Waals surface area contributed by atoms with Gasteiger partial charge in [-0.1, -0.05) is 0 Å². The van der Waals surface area contributed by atoms with Crippen molar-refractivity contribution in [2.45, 2.75) is 13.5 Å². The van der Waals surface area contributed by atoms with Gasteiger partial charge in [0, 0.05) is 35.7 Å². The third-order valence-electron chi connectivity index (χ3n) is 2.98. The molecule has 1 heterocycles. The fourth-order valence-corrected chi connectivity index (χ4v) is 1.95. The van der Waals surface area contributed by atoms with Crippen molar-refractivity contribution >= 4 is 11.5 Å². The second kappa shape index (κ2) is 5.56. The number of ketones is 1. The number of nitrogens with zero attached hydrogens (tertiary/aromatic N) is 2. The van der Waals surface area contributed by atoms with E-state index in [9.17, 15) is 14.9 Å². The highest BCUT2D eigenvalue weighted by molar-refractivity contribution is 5.93. The minimum absolute atomic E-state index is 0.0137. The van der Waals surface area contributed by atoms with Crippen LogP contribution in [0.2, 0.25) is 0 Å². The van der Waals surface area contributed by atoms with Gasteiger partial charge in [0.25, 0.3) is 5.69 Å². The summed E-state index contributed by atoms with van der Waals surface area (Å²) in [5.74, 6) is 0.559. The third-order valence-corrected chi connectivity index (χ3v) is 2.98. The van der Waals surface area contributed by atoms with Crippen LogP contribution in [0.5, 0.6) is 5.75 Å². The Kier molecular flexibility index (Phi) is 3.84. The molecule has 20 heavy (non-hydrogen) atoms. The lowest BCUT2D eigenvalue weighted by atomic mass is 10.1. The zero-order valence-corrected chi connectivity index (χ0v) is 11.2. The molecule has 0 saturated carbocycles. The van der Waals surface area contributed by atoms with Gasteiger partial charge in [-0.05, 0) is 19.1 Å². The number of nitro benzene ring substituents is 1. The number of hydrogen-bond acceptors (Lipinski definition) is 4. The number of carbonyl (C=O) groups excluding carboxylic acids is 1. The zero-order chi connectivity index (χ0) is 14.7. The molecule has 0 bridgehead atoms. The lowest BCUT2D eigenvalue weighted by Crippen LogP contribution is -2.01. The maximum Gasteiger partial charge on any atom is 0.270 e. The molecule has 0 radical (unpaired) electrons. The van der Waals surface area contributed by atoms with Crippen LogP contribution < -0.4 is 4.74 Å². The normalized spacial score (nSPS) is 10.3. The summed E-state index contributed by atoms with van der Waals surface area (Å²) in [7, 11) is 1.52. The number of Topliss-reactive ketones (excluding diaryl/α,β-unsaturated/α-hetero) is 1. The predicted molar refractivity (Wildman–Crippen MR) is 73.2 cm³/mol. The van der Waals surface area contributed by atoms with Crippen molar-refractivity contribution in [2.75, 3.05) is 7.11 Å².